The number of aliphatic hydroxyl groups is 1. The number of fused-ring (bicyclic) bond motifs is 1. The molecule has 0 bridgehead atoms. The number of aromatic hydroxyl groups is 1. The minimum absolute atomic E-state index is 0.0267. The number of carbonyl (C=O) groups is 2. The highest BCUT2D eigenvalue weighted by atomic mass is 32.2. The first kappa shape index (κ1) is 41.1. The van der Waals surface area contributed by atoms with Gasteiger partial charge in [-0.1, -0.05) is 37.6 Å². The summed E-state index contributed by atoms with van der Waals surface area (Å²) in [4.78, 5) is 35.4. The third-order valence-corrected chi connectivity index (χ3v) is 8.88. The van der Waals surface area contributed by atoms with E-state index in [1.54, 1.807) is 24.3 Å². The Hall–Kier alpha value is -4.37. The maximum absolute atomic E-state index is 13.5. The molecule has 0 aliphatic heterocycles. The molecule has 0 unspecified atom stereocenters. The highest BCUT2D eigenvalue weighted by molar-refractivity contribution is 8.00. The molecule has 278 valence electrons. The highest BCUT2D eigenvalue weighted by Gasteiger charge is 2.56. The zero-order valence-electron chi connectivity index (χ0n) is 27.9. The van der Waals surface area contributed by atoms with E-state index in [2.05, 4.69) is 4.74 Å². The molecule has 3 N–H and O–H groups in total. The average Bonchev–Trinajstić information content (AvgIpc) is 3.03. The highest BCUT2D eigenvalue weighted by Crippen LogP contribution is 2.40. The smallest absolute Gasteiger partial charge is 0.507 e. The van der Waals surface area contributed by atoms with Gasteiger partial charge in [-0.15, -0.1) is 11.8 Å². The van der Waals surface area contributed by atoms with Crippen LogP contribution in [0.2, 0.25) is 0 Å². The largest absolute Gasteiger partial charge is 0.513 e. The van der Waals surface area contributed by atoms with Gasteiger partial charge in [-0.3, -0.25) is 9.59 Å². The fourth-order valence-corrected chi connectivity index (χ4v) is 6.09. The van der Waals surface area contributed by atoms with Crippen molar-refractivity contribution in [1.82, 2.24) is 0 Å². The average molecular weight is 743 g/mol. The van der Waals surface area contributed by atoms with Gasteiger partial charge >= 0.3 is 18.3 Å². The number of phenols is 1. The number of carboxylic acid groups (broad SMARTS) is 1. The van der Waals surface area contributed by atoms with Crippen LogP contribution in [0.25, 0.3) is 11.0 Å². The second-order valence-corrected chi connectivity index (χ2v) is 12.9. The van der Waals surface area contributed by atoms with E-state index in [0.717, 1.165) is 30.7 Å². The monoisotopic (exact) mass is 742 g/mol. The fourth-order valence-electron chi connectivity index (χ4n) is 4.99. The number of rotatable bonds is 19. The summed E-state index contributed by atoms with van der Waals surface area (Å²) >= 11 is 1.03. The third kappa shape index (κ3) is 12.1. The van der Waals surface area contributed by atoms with Crippen molar-refractivity contribution in [3.8, 4) is 17.4 Å². The van der Waals surface area contributed by atoms with Crippen LogP contribution in [0.3, 0.4) is 0 Å². The number of ether oxygens (including phenoxy) is 2. The molecule has 1 aromatic heterocycles. The number of allylic oxidation sites excluding steroid dienone is 3. The number of alkyl halides is 5. The molecular weight excluding hydrogens is 703 g/mol. The molecule has 0 saturated heterocycles. The van der Waals surface area contributed by atoms with Gasteiger partial charge < -0.3 is 29.2 Å². The van der Waals surface area contributed by atoms with E-state index in [4.69, 9.17) is 14.3 Å². The summed E-state index contributed by atoms with van der Waals surface area (Å²) in [6.45, 7) is 3.70. The van der Waals surface area contributed by atoms with Gasteiger partial charge in [-0.2, -0.15) is 22.0 Å². The molecule has 9 nitrogen and oxygen atoms in total. The van der Waals surface area contributed by atoms with E-state index in [1.165, 1.54) is 31.2 Å². The van der Waals surface area contributed by atoms with Crippen LogP contribution in [0, 0.1) is 0 Å². The number of ketones is 1. The lowest BCUT2D eigenvalue weighted by molar-refractivity contribution is -0.284. The summed E-state index contributed by atoms with van der Waals surface area (Å²) in [6, 6.07) is 8.39. The van der Waals surface area contributed by atoms with Crippen LogP contribution in [-0.2, 0) is 6.42 Å². The molecule has 0 saturated carbocycles. The van der Waals surface area contributed by atoms with Crippen LogP contribution in [0.1, 0.15) is 74.7 Å². The number of hydrogen-bond donors (Lipinski definition) is 3. The van der Waals surface area contributed by atoms with Crippen LogP contribution in [-0.4, -0.2) is 57.3 Å². The van der Waals surface area contributed by atoms with Crippen molar-refractivity contribution >= 4 is 34.7 Å². The number of benzene rings is 2. The zero-order valence-corrected chi connectivity index (χ0v) is 28.7. The maximum Gasteiger partial charge on any atom is 0.513 e. The SMILES string of the molecule is CCCc1c(OCCCC/C=C\C=C\[C@H](Sc2ccc3c(=O)cc(OC(=O)O)oc3c2)[C@H](O)CCCC(F)(F)C(F)(F)F)ccc(C(C)=O)c1O. The molecule has 2 atom stereocenters. The normalized spacial score (nSPS) is 13.6. The second-order valence-electron chi connectivity index (χ2n) is 11.6. The van der Waals surface area contributed by atoms with Gasteiger partial charge in [-0.05, 0) is 75.8 Å². The lowest BCUT2D eigenvalue weighted by Crippen LogP contribution is -2.36. The number of carbonyl (C=O) groups excluding carboxylic acids is 1. The molecule has 0 amide bonds. The van der Waals surface area contributed by atoms with E-state index < -0.39 is 53.8 Å². The summed E-state index contributed by atoms with van der Waals surface area (Å²) in [5.74, 6) is -5.25. The van der Waals surface area contributed by atoms with Crippen molar-refractivity contribution in [2.75, 3.05) is 6.61 Å². The number of unbranched alkanes of at least 4 members (excludes halogenated alkanes) is 2. The molecule has 0 aliphatic rings. The molecule has 15 heteroatoms. The van der Waals surface area contributed by atoms with Gasteiger partial charge in [0.05, 0.1) is 35.0 Å². The Labute approximate surface area is 294 Å². The quantitative estimate of drug-likeness (QED) is 0.0272. The number of hydrogen-bond acceptors (Lipinski definition) is 9. The third-order valence-electron chi connectivity index (χ3n) is 7.61. The number of Topliss-reactive ketones (excluding diaryl/α,β-unsaturated/α-hetero) is 1. The molecule has 0 spiro atoms. The first-order valence-corrected chi connectivity index (χ1v) is 17.0. The Morgan fingerprint density at radius 2 is 1.78 bits per heavy atom. The summed E-state index contributed by atoms with van der Waals surface area (Å²) in [7, 11) is 0. The summed E-state index contributed by atoms with van der Waals surface area (Å²) in [6.07, 6.45) is -1.16. The Balaban J connectivity index is 1.65. The molecule has 2 aromatic carbocycles. The zero-order chi connectivity index (χ0) is 37.8. The standard InChI is InChI=1S/C36H39F5O9S/c1-3-11-26-29(17-16-24(22(2)42)33(26)45)48-19-9-7-5-4-6-8-13-31(27(43)12-10-18-35(37,38)36(39,40)41)51-23-14-15-25-28(44)21-32(50-34(46)47)49-30(25)20-23/h4,6,8,13-17,20-21,27,31,43,45H,3,5,7,9-12,18-19H2,1-2H3,(H,46,47)/b6-4-,13-8+/t27-,31+/m1/s1. The van der Waals surface area contributed by atoms with Gasteiger partial charge in [0, 0.05) is 16.9 Å². The lowest BCUT2D eigenvalue weighted by Gasteiger charge is -2.22. The summed E-state index contributed by atoms with van der Waals surface area (Å²) in [5.41, 5.74) is 0.226. The van der Waals surface area contributed by atoms with Gasteiger partial charge in [0.1, 0.15) is 17.1 Å². The number of aliphatic hydroxyl groups excluding tert-OH is 1. The molecule has 0 aliphatic carbocycles. The molecular formula is C36H39F5O9S. The Morgan fingerprint density at radius 3 is 2.45 bits per heavy atom. The predicted molar refractivity (Wildman–Crippen MR) is 181 cm³/mol. The molecule has 3 rings (SSSR count). The fraction of sp³-hybridized carbons (Fsp3) is 0.417. The maximum atomic E-state index is 13.5. The Kier molecular flexibility index (Phi) is 15.1. The minimum atomic E-state index is -5.70. The van der Waals surface area contributed by atoms with Crippen molar-refractivity contribution < 1.29 is 60.8 Å². The molecule has 51 heavy (non-hydrogen) atoms. The van der Waals surface area contributed by atoms with Gasteiger partial charge in [0.25, 0.3) is 5.95 Å². The number of thioether (sulfide) groups is 1. The van der Waals surface area contributed by atoms with Crippen LogP contribution in [0.5, 0.6) is 17.4 Å². The van der Waals surface area contributed by atoms with Crippen molar-refractivity contribution in [1.29, 1.82) is 0 Å². The minimum Gasteiger partial charge on any atom is -0.507 e. The van der Waals surface area contributed by atoms with Gasteiger partial charge in [-0.25, -0.2) is 4.79 Å². The van der Waals surface area contributed by atoms with Gasteiger partial charge in [0.15, 0.2) is 11.2 Å². The summed E-state index contributed by atoms with van der Waals surface area (Å²) in [5, 5.41) is 29.5. The summed E-state index contributed by atoms with van der Waals surface area (Å²) < 4.78 is 80.5. The van der Waals surface area contributed by atoms with E-state index >= 15 is 0 Å². The first-order valence-electron chi connectivity index (χ1n) is 16.1. The number of halogens is 5. The van der Waals surface area contributed by atoms with E-state index in [9.17, 15) is 46.5 Å². The van der Waals surface area contributed by atoms with E-state index in [-0.39, 0.29) is 34.5 Å². The van der Waals surface area contributed by atoms with Crippen LogP contribution >= 0.6 is 11.8 Å². The molecule has 0 fully saturated rings. The first-order chi connectivity index (χ1) is 24.0. The van der Waals surface area contributed by atoms with Gasteiger partial charge in [0.2, 0.25) is 0 Å². The van der Waals surface area contributed by atoms with Crippen molar-refractivity contribution in [3.05, 3.63) is 82.1 Å². The van der Waals surface area contributed by atoms with Crippen molar-refractivity contribution in [3.63, 3.8) is 0 Å². The number of phenolic OH excluding ortho intramolecular Hbond substituents is 1. The Morgan fingerprint density at radius 1 is 1.04 bits per heavy atom. The second kappa shape index (κ2) is 18.7. The van der Waals surface area contributed by atoms with Crippen molar-refractivity contribution in [2.45, 2.75) is 93.6 Å². The molecule has 0 radical (unpaired) electrons. The van der Waals surface area contributed by atoms with Crippen molar-refractivity contribution in [2.24, 2.45) is 0 Å². The molecule has 3 aromatic rings. The lowest BCUT2D eigenvalue weighted by atomic mass is 10.0. The molecule has 1 heterocycles. The van der Waals surface area contributed by atoms with Crippen LogP contribution < -0.4 is 14.9 Å². The van der Waals surface area contributed by atoms with Crippen LogP contribution in [0.4, 0.5) is 26.7 Å². The van der Waals surface area contributed by atoms with E-state index in [0.29, 0.717) is 42.1 Å². The van der Waals surface area contributed by atoms with Crippen LogP contribution in [0.15, 0.2) is 74.8 Å². The topological polar surface area (TPSA) is 144 Å². The van der Waals surface area contributed by atoms with E-state index in [1.807, 2.05) is 13.0 Å². The predicted octanol–water partition coefficient (Wildman–Crippen LogP) is 9.26. The Bertz CT molecular complexity index is 1770.